The molecule has 0 aliphatic heterocycles. The topological polar surface area (TPSA) is 63.4 Å². The molecule has 4 nitrogen and oxygen atoms in total. The van der Waals surface area contributed by atoms with Gasteiger partial charge in [0.2, 0.25) is 10.0 Å². The van der Waals surface area contributed by atoms with Crippen LogP contribution in [0.15, 0.2) is 29.2 Å². The lowest BCUT2D eigenvalue weighted by Gasteiger charge is -2.18. The molecule has 0 heterocycles. The molecule has 1 aromatic rings. The first kappa shape index (κ1) is 16.9. The van der Waals surface area contributed by atoms with Gasteiger partial charge in [0.1, 0.15) is 0 Å². The van der Waals surface area contributed by atoms with Crippen molar-refractivity contribution in [2.24, 2.45) is 5.73 Å². The first-order valence-corrected chi connectivity index (χ1v) is 7.36. The van der Waals surface area contributed by atoms with Gasteiger partial charge in [0, 0.05) is 19.6 Å². The number of sulfonamides is 1. The van der Waals surface area contributed by atoms with E-state index in [0.29, 0.717) is 4.31 Å². The molecule has 1 rings (SSSR count). The van der Waals surface area contributed by atoms with Crippen molar-refractivity contribution < 1.29 is 21.6 Å². The molecule has 1 aromatic carbocycles. The van der Waals surface area contributed by atoms with Crippen LogP contribution < -0.4 is 5.73 Å². The van der Waals surface area contributed by atoms with Gasteiger partial charge in [-0.05, 0) is 24.6 Å². The van der Waals surface area contributed by atoms with Crippen LogP contribution in [0.1, 0.15) is 24.9 Å². The molecule has 2 N–H and O–H groups in total. The van der Waals surface area contributed by atoms with E-state index in [1.54, 1.807) is 19.1 Å². The van der Waals surface area contributed by atoms with Gasteiger partial charge in [0.15, 0.2) is 0 Å². The minimum Gasteiger partial charge on any atom is -0.324 e. The lowest BCUT2D eigenvalue weighted by molar-refractivity contribution is -0.135. The number of nitrogens with zero attached hydrogens (tertiary/aromatic N) is 1. The van der Waals surface area contributed by atoms with E-state index in [0.717, 1.165) is 12.6 Å². The van der Waals surface area contributed by atoms with E-state index in [1.165, 1.54) is 12.1 Å². The van der Waals surface area contributed by atoms with Crippen LogP contribution in [0.4, 0.5) is 13.2 Å². The van der Waals surface area contributed by atoms with E-state index in [-0.39, 0.29) is 10.9 Å². The van der Waals surface area contributed by atoms with Crippen molar-refractivity contribution in [3.8, 4) is 0 Å². The number of hydrogen-bond acceptors (Lipinski definition) is 3. The molecule has 0 aromatic heterocycles. The van der Waals surface area contributed by atoms with Gasteiger partial charge in [0.25, 0.3) is 0 Å². The number of nitrogens with two attached hydrogens (primary N) is 1. The van der Waals surface area contributed by atoms with Gasteiger partial charge in [-0.15, -0.1) is 0 Å². The van der Waals surface area contributed by atoms with Crippen molar-refractivity contribution in [3.63, 3.8) is 0 Å². The predicted octanol–water partition coefficient (Wildman–Crippen LogP) is 2.28. The molecule has 0 saturated heterocycles. The highest BCUT2D eigenvalue weighted by Gasteiger charge is 2.30. The molecule has 0 amide bonds. The van der Waals surface area contributed by atoms with Crippen LogP contribution in [0.3, 0.4) is 0 Å². The molecular weight excluding hydrogens is 293 g/mol. The molecule has 0 aliphatic rings. The first-order valence-electron chi connectivity index (χ1n) is 5.92. The minimum absolute atomic E-state index is 0.0495. The second-order valence-corrected chi connectivity index (χ2v) is 6.59. The number of benzene rings is 1. The summed E-state index contributed by atoms with van der Waals surface area (Å²) in [6.45, 7) is 1.14. The molecule has 8 heteroatoms. The second kappa shape index (κ2) is 6.11. The largest absolute Gasteiger partial charge is 0.390 e. The monoisotopic (exact) mass is 310 g/mol. The van der Waals surface area contributed by atoms with Crippen molar-refractivity contribution in [2.45, 2.75) is 30.5 Å². The maximum Gasteiger partial charge on any atom is 0.390 e. The van der Waals surface area contributed by atoms with Crippen LogP contribution >= 0.6 is 0 Å². The summed E-state index contributed by atoms with van der Waals surface area (Å²) in [5.74, 6) is 0. The fraction of sp³-hybridized carbons (Fsp3) is 0.500. The minimum atomic E-state index is -4.39. The van der Waals surface area contributed by atoms with Gasteiger partial charge in [0.05, 0.1) is 11.3 Å². The predicted molar refractivity (Wildman–Crippen MR) is 69.5 cm³/mol. The standard InChI is InChI=1S/C12H17F3N2O2S/c1-9(16)10-3-5-11(6-4-10)20(18,19)17(2)8-7-12(13,14)15/h3-6,9H,7-8,16H2,1-2H3. The Morgan fingerprint density at radius 1 is 1.25 bits per heavy atom. The molecule has 20 heavy (non-hydrogen) atoms. The summed E-state index contributed by atoms with van der Waals surface area (Å²) in [5, 5.41) is 0. The van der Waals surface area contributed by atoms with Gasteiger partial charge in [-0.3, -0.25) is 0 Å². The molecule has 114 valence electrons. The first-order chi connectivity index (χ1) is 9.04. The van der Waals surface area contributed by atoms with Crippen molar-refractivity contribution in [1.29, 1.82) is 0 Å². The van der Waals surface area contributed by atoms with Crippen LogP contribution in [0, 0.1) is 0 Å². The van der Waals surface area contributed by atoms with Crippen LogP contribution in [0.25, 0.3) is 0 Å². The fourth-order valence-corrected chi connectivity index (χ4v) is 2.70. The number of rotatable bonds is 5. The Morgan fingerprint density at radius 2 is 1.75 bits per heavy atom. The summed E-state index contributed by atoms with van der Waals surface area (Å²) in [4.78, 5) is -0.0495. The Bertz CT molecular complexity index is 539. The summed E-state index contributed by atoms with van der Waals surface area (Å²) in [6.07, 6.45) is -5.57. The van der Waals surface area contributed by atoms with Crippen molar-refractivity contribution in [1.82, 2.24) is 4.31 Å². The molecule has 0 saturated carbocycles. The van der Waals surface area contributed by atoms with E-state index < -0.39 is 29.2 Å². The van der Waals surface area contributed by atoms with E-state index in [9.17, 15) is 21.6 Å². The van der Waals surface area contributed by atoms with Crippen molar-refractivity contribution in [2.75, 3.05) is 13.6 Å². The molecule has 0 radical (unpaired) electrons. The highest BCUT2D eigenvalue weighted by Crippen LogP contribution is 2.22. The maximum atomic E-state index is 12.1. The number of hydrogen-bond donors (Lipinski definition) is 1. The number of alkyl halides is 3. The smallest absolute Gasteiger partial charge is 0.324 e. The third kappa shape index (κ3) is 4.46. The number of halogens is 3. The van der Waals surface area contributed by atoms with E-state index in [4.69, 9.17) is 5.73 Å². The van der Waals surface area contributed by atoms with Crippen LogP contribution in [-0.2, 0) is 10.0 Å². The lowest BCUT2D eigenvalue weighted by atomic mass is 10.1. The van der Waals surface area contributed by atoms with E-state index >= 15 is 0 Å². The Balaban J connectivity index is 2.87. The molecule has 0 aliphatic carbocycles. The summed E-state index contributed by atoms with van der Waals surface area (Å²) >= 11 is 0. The zero-order valence-corrected chi connectivity index (χ0v) is 12.0. The Kier molecular flexibility index (Phi) is 5.17. The second-order valence-electron chi connectivity index (χ2n) is 4.55. The van der Waals surface area contributed by atoms with Crippen LogP contribution in [0.2, 0.25) is 0 Å². The highest BCUT2D eigenvalue weighted by molar-refractivity contribution is 7.89. The normalized spacial score (nSPS) is 14.6. The zero-order chi connectivity index (χ0) is 15.6. The average molecular weight is 310 g/mol. The average Bonchev–Trinajstić information content (AvgIpc) is 2.35. The lowest BCUT2D eigenvalue weighted by Crippen LogP contribution is -2.30. The van der Waals surface area contributed by atoms with Crippen molar-refractivity contribution in [3.05, 3.63) is 29.8 Å². The third-order valence-corrected chi connectivity index (χ3v) is 4.70. The van der Waals surface area contributed by atoms with Gasteiger partial charge in [-0.1, -0.05) is 12.1 Å². The molecular formula is C12H17F3N2O2S. The Labute approximate surface area is 116 Å². The Morgan fingerprint density at radius 3 is 2.15 bits per heavy atom. The molecule has 0 fully saturated rings. The summed E-state index contributed by atoms with van der Waals surface area (Å²) in [6, 6.07) is 5.55. The van der Waals surface area contributed by atoms with E-state index in [1.807, 2.05) is 0 Å². The summed E-state index contributed by atoms with van der Waals surface area (Å²) in [7, 11) is -2.79. The highest BCUT2D eigenvalue weighted by atomic mass is 32.2. The molecule has 0 spiro atoms. The quantitative estimate of drug-likeness (QED) is 0.907. The van der Waals surface area contributed by atoms with Gasteiger partial charge >= 0.3 is 6.18 Å². The van der Waals surface area contributed by atoms with Gasteiger partial charge in [-0.2, -0.15) is 13.2 Å². The van der Waals surface area contributed by atoms with Crippen LogP contribution in [-0.4, -0.2) is 32.5 Å². The van der Waals surface area contributed by atoms with Crippen LogP contribution in [0.5, 0.6) is 0 Å². The summed E-state index contributed by atoms with van der Waals surface area (Å²) in [5.41, 5.74) is 6.40. The Hall–Kier alpha value is -1.12. The van der Waals surface area contributed by atoms with Gasteiger partial charge in [-0.25, -0.2) is 12.7 Å². The summed E-state index contributed by atoms with van der Waals surface area (Å²) < 4.78 is 61.1. The molecule has 0 bridgehead atoms. The van der Waals surface area contributed by atoms with Crippen molar-refractivity contribution >= 4 is 10.0 Å². The van der Waals surface area contributed by atoms with E-state index in [2.05, 4.69) is 0 Å². The fourth-order valence-electron chi connectivity index (χ4n) is 1.53. The van der Waals surface area contributed by atoms with Gasteiger partial charge < -0.3 is 5.73 Å². The SMILES string of the molecule is CC(N)c1ccc(S(=O)(=O)N(C)CCC(F)(F)F)cc1. The molecule has 1 unspecified atom stereocenters. The maximum absolute atomic E-state index is 12.1. The molecule has 1 atom stereocenters. The third-order valence-electron chi connectivity index (χ3n) is 2.82. The zero-order valence-electron chi connectivity index (χ0n) is 11.2.